The molecule has 0 radical (unpaired) electrons. The predicted molar refractivity (Wildman–Crippen MR) is 68.7 cm³/mol. The summed E-state index contributed by atoms with van der Waals surface area (Å²) in [6.45, 7) is 3.98. The van der Waals surface area contributed by atoms with Crippen LogP contribution in [0.1, 0.15) is 25.7 Å². The maximum Gasteiger partial charge on any atom is 0.203 e. The van der Waals surface area contributed by atoms with E-state index < -0.39 is 0 Å². The zero-order chi connectivity index (χ0) is 11.7. The summed E-state index contributed by atoms with van der Waals surface area (Å²) in [5.74, 6) is 0.0762. The van der Waals surface area contributed by atoms with E-state index in [4.69, 9.17) is 11.6 Å². The number of hydrogen-bond acceptors (Lipinski definition) is 2. The summed E-state index contributed by atoms with van der Waals surface area (Å²) < 4.78 is 0. The van der Waals surface area contributed by atoms with Gasteiger partial charge in [0.25, 0.3) is 0 Å². The van der Waals surface area contributed by atoms with Crippen LogP contribution in [0.25, 0.3) is 0 Å². The molecule has 1 aromatic heterocycles. The van der Waals surface area contributed by atoms with Crippen LogP contribution in [0.3, 0.4) is 0 Å². The third kappa shape index (κ3) is 2.18. The molecule has 0 N–H and O–H groups in total. The summed E-state index contributed by atoms with van der Waals surface area (Å²) in [7, 11) is 0. The quantitative estimate of drug-likeness (QED) is 0.729. The number of halogens is 1. The van der Waals surface area contributed by atoms with Gasteiger partial charge in [0, 0.05) is 15.5 Å². The topological polar surface area (TPSA) is 17.1 Å². The summed E-state index contributed by atoms with van der Waals surface area (Å²) in [5, 5.41) is 0.649. The lowest BCUT2D eigenvalue weighted by atomic mass is 10.1. The van der Waals surface area contributed by atoms with Crippen LogP contribution in [-0.4, -0.2) is 5.78 Å². The number of hydrogen-bond donors (Lipinski definition) is 0. The second-order valence-corrected chi connectivity index (χ2v) is 5.40. The Morgan fingerprint density at radius 1 is 1.19 bits per heavy atom. The standard InChI is InChI=1S/C13H11ClOS/c1-8-7-9(2)16-13(8)12(15)10-3-5-11(14)6-4-10/h3-7H,1-2H3. The number of carbonyl (C=O) groups excluding carboxylic acids is 1. The van der Waals surface area contributed by atoms with Gasteiger partial charge in [-0.2, -0.15) is 0 Å². The molecule has 82 valence electrons. The summed E-state index contributed by atoms with van der Waals surface area (Å²) in [6.07, 6.45) is 0. The van der Waals surface area contributed by atoms with Gasteiger partial charge in [-0.3, -0.25) is 4.79 Å². The van der Waals surface area contributed by atoms with Gasteiger partial charge in [-0.25, -0.2) is 0 Å². The molecule has 0 saturated heterocycles. The Hall–Kier alpha value is -1.12. The van der Waals surface area contributed by atoms with E-state index in [0.717, 1.165) is 15.3 Å². The van der Waals surface area contributed by atoms with Crippen LogP contribution in [0.2, 0.25) is 5.02 Å². The van der Waals surface area contributed by atoms with Crippen LogP contribution in [0.15, 0.2) is 30.3 Å². The highest BCUT2D eigenvalue weighted by Gasteiger charge is 2.14. The molecule has 0 aliphatic carbocycles. The normalized spacial score (nSPS) is 10.4. The summed E-state index contributed by atoms with van der Waals surface area (Å²) in [4.78, 5) is 14.1. The molecule has 0 unspecified atom stereocenters. The van der Waals surface area contributed by atoms with Gasteiger partial charge in [0.2, 0.25) is 5.78 Å². The Labute approximate surface area is 104 Å². The molecule has 0 fully saturated rings. The molecule has 0 aliphatic heterocycles. The molecular formula is C13H11ClOS. The number of benzene rings is 1. The van der Waals surface area contributed by atoms with Gasteiger partial charge >= 0.3 is 0 Å². The minimum Gasteiger partial charge on any atom is -0.288 e. The van der Waals surface area contributed by atoms with Crippen LogP contribution >= 0.6 is 22.9 Å². The third-order valence-electron chi connectivity index (χ3n) is 2.35. The number of rotatable bonds is 2. The van der Waals surface area contributed by atoms with Gasteiger partial charge in [0.15, 0.2) is 0 Å². The first-order chi connectivity index (χ1) is 7.58. The molecule has 1 heterocycles. The van der Waals surface area contributed by atoms with Crippen LogP contribution in [0, 0.1) is 13.8 Å². The minimum absolute atomic E-state index is 0.0762. The van der Waals surface area contributed by atoms with Gasteiger partial charge in [-0.15, -0.1) is 11.3 Å². The van der Waals surface area contributed by atoms with Crippen LogP contribution in [0.5, 0.6) is 0 Å². The number of ketones is 1. The minimum atomic E-state index is 0.0762. The highest BCUT2D eigenvalue weighted by molar-refractivity contribution is 7.14. The number of carbonyl (C=O) groups is 1. The van der Waals surface area contributed by atoms with E-state index >= 15 is 0 Å². The van der Waals surface area contributed by atoms with Gasteiger partial charge < -0.3 is 0 Å². The molecule has 1 nitrogen and oxygen atoms in total. The van der Waals surface area contributed by atoms with Gasteiger partial charge in [0.05, 0.1) is 4.88 Å². The van der Waals surface area contributed by atoms with Crippen molar-refractivity contribution in [3.05, 3.63) is 56.2 Å². The molecule has 0 aliphatic rings. The van der Waals surface area contributed by atoms with Crippen molar-refractivity contribution in [2.45, 2.75) is 13.8 Å². The Bertz CT molecular complexity index is 525. The second-order valence-electron chi connectivity index (χ2n) is 3.71. The lowest BCUT2D eigenvalue weighted by Gasteiger charge is -1.99. The van der Waals surface area contributed by atoms with E-state index in [9.17, 15) is 4.79 Å². The first-order valence-corrected chi connectivity index (χ1v) is 6.14. The van der Waals surface area contributed by atoms with Crippen molar-refractivity contribution in [1.82, 2.24) is 0 Å². The van der Waals surface area contributed by atoms with Crippen molar-refractivity contribution >= 4 is 28.7 Å². The SMILES string of the molecule is Cc1cc(C)c(C(=O)c2ccc(Cl)cc2)s1. The fourth-order valence-electron chi connectivity index (χ4n) is 1.60. The summed E-state index contributed by atoms with van der Waals surface area (Å²) in [6, 6.07) is 9.04. The van der Waals surface area contributed by atoms with E-state index in [1.165, 1.54) is 11.3 Å². The average Bonchev–Trinajstić information content (AvgIpc) is 2.58. The molecule has 3 heteroatoms. The van der Waals surface area contributed by atoms with Gasteiger partial charge in [0.1, 0.15) is 0 Å². The highest BCUT2D eigenvalue weighted by Crippen LogP contribution is 2.24. The van der Waals surface area contributed by atoms with Crippen LogP contribution in [-0.2, 0) is 0 Å². The first kappa shape index (κ1) is 11.4. The van der Waals surface area contributed by atoms with Crippen LogP contribution in [0.4, 0.5) is 0 Å². The zero-order valence-electron chi connectivity index (χ0n) is 9.08. The van der Waals surface area contributed by atoms with Crippen molar-refractivity contribution in [3.63, 3.8) is 0 Å². The molecule has 0 atom stereocenters. The van der Waals surface area contributed by atoms with Crippen molar-refractivity contribution in [2.24, 2.45) is 0 Å². The van der Waals surface area contributed by atoms with Crippen LogP contribution < -0.4 is 0 Å². The van der Waals surface area contributed by atoms with E-state index in [0.29, 0.717) is 10.6 Å². The smallest absolute Gasteiger partial charge is 0.203 e. The lowest BCUT2D eigenvalue weighted by molar-refractivity contribution is 0.104. The van der Waals surface area contributed by atoms with Gasteiger partial charge in [-0.05, 0) is 49.7 Å². The second kappa shape index (κ2) is 4.40. The molecule has 0 spiro atoms. The average molecular weight is 251 g/mol. The Balaban J connectivity index is 2.39. The maximum atomic E-state index is 12.2. The van der Waals surface area contributed by atoms with Crippen molar-refractivity contribution in [3.8, 4) is 0 Å². The van der Waals surface area contributed by atoms with Crippen molar-refractivity contribution < 1.29 is 4.79 Å². The van der Waals surface area contributed by atoms with E-state index in [-0.39, 0.29) is 5.78 Å². The van der Waals surface area contributed by atoms with E-state index in [2.05, 4.69) is 0 Å². The lowest BCUT2D eigenvalue weighted by Crippen LogP contribution is -1.99. The first-order valence-electron chi connectivity index (χ1n) is 4.95. The molecule has 2 rings (SSSR count). The monoisotopic (exact) mass is 250 g/mol. The Morgan fingerprint density at radius 2 is 1.81 bits per heavy atom. The van der Waals surface area contributed by atoms with E-state index in [1.54, 1.807) is 24.3 Å². The largest absolute Gasteiger partial charge is 0.288 e. The number of thiophene rings is 1. The fraction of sp³-hybridized carbons (Fsp3) is 0.154. The van der Waals surface area contributed by atoms with Crippen molar-refractivity contribution in [2.75, 3.05) is 0 Å². The molecule has 1 aromatic carbocycles. The molecular weight excluding hydrogens is 240 g/mol. The molecule has 0 amide bonds. The zero-order valence-corrected chi connectivity index (χ0v) is 10.7. The van der Waals surface area contributed by atoms with Crippen molar-refractivity contribution in [1.29, 1.82) is 0 Å². The summed E-state index contributed by atoms with van der Waals surface area (Å²) in [5.41, 5.74) is 1.73. The Morgan fingerprint density at radius 3 is 2.31 bits per heavy atom. The molecule has 0 saturated carbocycles. The highest BCUT2D eigenvalue weighted by atomic mass is 35.5. The predicted octanol–water partition coefficient (Wildman–Crippen LogP) is 4.25. The Kier molecular flexibility index (Phi) is 3.13. The third-order valence-corrected chi connectivity index (χ3v) is 3.76. The number of aryl methyl sites for hydroxylation is 2. The molecule has 0 bridgehead atoms. The maximum absolute atomic E-state index is 12.2. The molecule has 2 aromatic rings. The fourth-order valence-corrected chi connectivity index (χ4v) is 2.71. The van der Waals surface area contributed by atoms with Gasteiger partial charge in [-0.1, -0.05) is 11.6 Å². The molecule has 16 heavy (non-hydrogen) atoms. The van der Waals surface area contributed by atoms with E-state index in [1.807, 2.05) is 19.9 Å². The summed E-state index contributed by atoms with van der Waals surface area (Å²) >= 11 is 7.33.